The summed E-state index contributed by atoms with van der Waals surface area (Å²) in [5.41, 5.74) is 6.65. The van der Waals surface area contributed by atoms with Gasteiger partial charge in [-0.1, -0.05) is 11.6 Å². The van der Waals surface area contributed by atoms with Crippen LogP contribution in [0.3, 0.4) is 0 Å². The van der Waals surface area contributed by atoms with Crippen molar-refractivity contribution in [3.8, 4) is 0 Å². The van der Waals surface area contributed by atoms with Gasteiger partial charge in [-0.25, -0.2) is 0 Å². The predicted octanol–water partition coefficient (Wildman–Crippen LogP) is 3.31. The van der Waals surface area contributed by atoms with Crippen molar-refractivity contribution in [1.82, 2.24) is 4.90 Å². The lowest BCUT2D eigenvalue weighted by atomic mass is 10.1. The van der Waals surface area contributed by atoms with E-state index in [-0.39, 0.29) is 30.3 Å². The first kappa shape index (κ1) is 21.7. The van der Waals surface area contributed by atoms with Crippen LogP contribution in [0.2, 0.25) is 5.02 Å². The van der Waals surface area contributed by atoms with Gasteiger partial charge in [0, 0.05) is 31.2 Å². The van der Waals surface area contributed by atoms with Gasteiger partial charge in [0.1, 0.15) is 0 Å². The first-order valence-electron chi connectivity index (χ1n) is 7.53. The van der Waals surface area contributed by atoms with Gasteiger partial charge >= 0.3 is 0 Å². The van der Waals surface area contributed by atoms with Crippen LogP contribution in [0.4, 0.5) is 5.69 Å². The number of nitrogens with one attached hydrogen (secondary N) is 1. The minimum absolute atomic E-state index is 0. The van der Waals surface area contributed by atoms with Crippen molar-refractivity contribution in [3.63, 3.8) is 0 Å². The van der Waals surface area contributed by atoms with E-state index < -0.39 is 0 Å². The SMILES string of the molecule is CCN(CC)C(=O)c1ccc(NC(=O)CCC(C)N)cc1Cl.Cl. The Morgan fingerprint density at radius 2 is 1.91 bits per heavy atom. The standard InChI is InChI=1S/C16H24ClN3O2.ClH/c1-4-20(5-2)16(22)13-8-7-12(10-14(13)17)19-15(21)9-6-11(3)18;/h7-8,10-11H,4-6,9,18H2,1-3H3,(H,19,21);1H. The van der Waals surface area contributed by atoms with Crippen LogP contribution in [-0.4, -0.2) is 35.8 Å². The number of rotatable bonds is 7. The summed E-state index contributed by atoms with van der Waals surface area (Å²) in [5.74, 6) is -0.221. The molecule has 0 fully saturated rings. The number of nitrogens with zero attached hydrogens (tertiary/aromatic N) is 1. The quantitative estimate of drug-likeness (QED) is 0.781. The third-order valence-electron chi connectivity index (χ3n) is 3.36. The maximum Gasteiger partial charge on any atom is 0.255 e. The normalized spacial score (nSPS) is 11.3. The van der Waals surface area contributed by atoms with Gasteiger partial charge in [0.2, 0.25) is 5.91 Å². The Balaban J connectivity index is 0.00000484. The minimum atomic E-state index is -0.115. The van der Waals surface area contributed by atoms with Gasteiger partial charge in [-0.05, 0) is 45.4 Å². The van der Waals surface area contributed by atoms with E-state index in [0.717, 1.165) is 0 Å². The molecule has 2 amide bonds. The van der Waals surface area contributed by atoms with Crippen LogP contribution in [0, 0.1) is 0 Å². The Kier molecular flexibility index (Phi) is 9.88. The number of benzene rings is 1. The molecule has 3 N–H and O–H groups in total. The van der Waals surface area contributed by atoms with Gasteiger partial charge in [-0.2, -0.15) is 0 Å². The molecule has 1 atom stereocenters. The van der Waals surface area contributed by atoms with Crippen molar-refractivity contribution in [2.45, 2.75) is 39.7 Å². The van der Waals surface area contributed by atoms with Crippen molar-refractivity contribution in [2.24, 2.45) is 5.73 Å². The van der Waals surface area contributed by atoms with E-state index in [4.69, 9.17) is 17.3 Å². The van der Waals surface area contributed by atoms with Gasteiger partial charge < -0.3 is 16.0 Å². The molecule has 0 heterocycles. The smallest absolute Gasteiger partial charge is 0.255 e. The summed E-state index contributed by atoms with van der Waals surface area (Å²) in [5, 5.41) is 3.09. The lowest BCUT2D eigenvalue weighted by Crippen LogP contribution is -2.30. The molecule has 7 heteroatoms. The molecule has 1 unspecified atom stereocenters. The molecule has 1 aromatic rings. The van der Waals surface area contributed by atoms with Crippen molar-refractivity contribution >= 4 is 41.5 Å². The molecule has 1 rings (SSSR count). The Bertz CT molecular complexity index is 532. The van der Waals surface area contributed by atoms with Crippen molar-refractivity contribution in [1.29, 1.82) is 0 Å². The number of carbonyl (C=O) groups is 2. The second-order valence-electron chi connectivity index (χ2n) is 5.24. The summed E-state index contributed by atoms with van der Waals surface area (Å²) >= 11 is 6.17. The van der Waals surface area contributed by atoms with Crippen LogP contribution in [0.1, 0.15) is 44.0 Å². The van der Waals surface area contributed by atoms with Gasteiger partial charge in [0.15, 0.2) is 0 Å². The summed E-state index contributed by atoms with van der Waals surface area (Å²) < 4.78 is 0. The van der Waals surface area contributed by atoms with Crippen LogP contribution >= 0.6 is 24.0 Å². The molecule has 5 nitrogen and oxygen atoms in total. The number of amides is 2. The topological polar surface area (TPSA) is 75.4 Å². The van der Waals surface area contributed by atoms with Crippen LogP contribution < -0.4 is 11.1 Å². The number of carbonyl (C=O) groups excluding carboxylic acids is 2. The Hall–Kier alpha value is -1.30. The van der Waals surface area contributed by atoms with E-state index in [0.29, 0.717) is 42.2 Å². The number of halogens is 2. The summed E-state index contributed by atoms with van der Waals surface area (Å²) in [6, 6.07) is 4.92. The fourth-order valence-electron chi connectivity index (χ4n) is 2.03. The maximum atomic E-state index is 12.3. The average Bonchev–Trinajstić information content (AvgIpc) is 2.46. The summed E-state index contributed by atoms with van der Waals surface area (Å²) in [6.07, 6.45) is 0.980. The summed E-state index contributed by atoms with van der Waals surface area (Å²) in [4.78, 5) is 25.7. The third kappa shape index (κ3) is 6.77. The van der Waals surface area contributed by atoms with E-state index in [1.54, 1.807) is 23.1 Å². The molecule has 0 aromatic heterocycles. The molecular formula is C16H25Cl2N3O2. The van der Waals surface area contributed by atoms with E-state index in [9.17, 15) is 9.59 Å². The highest BCUT2D eigenvalue weighted by atomic mass is 35.5. The van der Waals surface area contributed by atoms with E-state index >= 15 is 0 Å². The molecule has 0 saturated heterocycles. The van der Waals surface area contributed by atoms with E-state index in [1.807, 2.05) is 20.8 Å². The van der Waals surface area contributed by atoms with Crippen LogP contribution in [0.5, 0.6) is 0 Å². The Morgan fingerprint density at radius 3 is 2.39 bits per heavy atom. The zero-order chi connectivity index (χ0) is 16.7. The number of nitrogens with two attached hydrogens (primary N) is 1. The number of hydrogen-bond acceptors (Lipinski definition) is 3. The highest BCUT2D eigenvalue weighted by Crippen LogP contribution is 2.22. The molecule has 23 heavy (non-hydrogen) atoms. The van der Waals surface area contributed by atoms with Crippen molar-refractivity contribution < 1.29 is 9.59 Å². The molecule has 130 valence electrons. The van der Waals surface area contributed by atoms with E-state index in [2.05, 4.69) is 5.32 Å². The van der Waals surface area contributed by atoms with Gasteiger partial charge in [-0.15, -0.1) is 12.4 Å². The lowest BCUT2D eigenvalue weighted by molar-refractivity contribution is -0.116. The predicted molar refractivity (Wildman–Crippen MR) is 97.5 cm³/mol. The molecule has 0 aliphatic carbocycles. The summed E-state index contributed by atoms with van der Waals surface area (Å²) in [7, 11) is 0. The Morgan fingerprint density at radius 1 is 1.30 bits per heavy atom. The van der Waals surface area contributed by atoms with Crippen LogP contribution in [0.25, 0.3) is 0 Å². The molecule has 0 aliphatic heterocycles. The molecule has 0 bridgehead atoms. The van der Waals surface area contributed by atoms with Crippen molar-refractivity contribution in [2.75, 3.05) is 18.4 Å². The maximum absolute atomic E-state index is 12.3. The fourth-order valence-corrected chi connectivity index (χ4v) is 2.29. The van der Waals surface area contributed by atoms with Crippen molar-refractivity contribution in [3.05, 3.63) is 28.8 Å². The minimum Gasteiger partial charge on any atom is -0.339 e. The second kappa shape index (κ2) is 10.5. The molecule has 0 radical (unpaired) electrons. The number of anilines is 1. The molecule has 0 saturated carbocycles. The Labute approximate surface area is 149 Å². The van der Waals surface area contributed by atoms with Crippen LogP contribution in [0.15, 0.2) is 18.2 Å². The van der Waals surface area contributed by atoms with Gasteiger partial charge in [0.25, 0.3) is 5.91 Å². The zero-order valence-corrected chi connectivity index (χ0v) is 15.3. The van der Waals surface area contributed by atoms with Gasteiger partial charge in [0.05, 0.1) is 10.6 Å². The number of hydrogen-bond donors (Lipinski definition) is 2. The molecule has 1 aromatic carbocycles. The average molecular weight is 362 g/mol. The van der Waals surface area contributed by atoms with Gasteiger partial charge in [-0.3, -0.25) is 9.59 Å². The molecular weight excluding hydrogens is 337 g/mol. The highest BCUT2D eigenvalue weighted by molar-refractivity contribution is 6.34. The lowest BCUT2D eigenvalue weighted by Gasteiger charge is -2.19. The summed E-state index contributed by atoms with van der Waals surface area (Å²) in [6.45, 7) is 6.95. The molecule has 0 aliphatic rings. The fraction of sp³-hybridized carbons (Fsp3) is 0.500. The third-order valence-corrected chi connectivity index (χ3v) is 3.67. The van der Waals surface area contributed by atoms with E-state index in [1.165, 1.54) is 0 Å². The zero-order valence-electron chi connectivity index (χ0n) is 13.8. The molecule has 0 spiro atoms. The monoisotopic (exact) mass is 361 g/mol. The second-order valence-corrected chi connectivity index (χ2v) is 5.64. The first-order chi connectivity index (χ1) is 10.4. The first-order valence-corrected chi connectivity index (χ1v) is 7.91. The van der Waals surface area contributed by atoms with Crippen LogP contribution in [-0.2, 0) is 4.79 Å². The highest BCUT2D eigenvalue weighted by Gasteiger charge is 2.16. The largest absolute Gasteiger partial charge is 0.339 e.